The normalized spacial score (nSPS) is 14.9. The third-order valence-corrected chi connectivity index (χ3v) is 2.34. The maximum Gasteiger partial charge on any atom is 0.237 e. The lowest BCUT2D eigenvalue weighted by atomic mass is 10.3. The van der Waals surface area contributed by atoms with Crippen molar-refractivity contribution in [3.05, 3.63) is 0 Å². The zero-order chi connectivity index (χ0) is 10.4. The van der Waals surface area contributed by atoms with Gasteiger partial charge >= 0.3 is 0 Å². The summed E-state index contributed by atoms with van der Waals surface area (Å²) >= 11 is 0. The summed E-state index contributed by atoms with van der Waals surface area (Å²) in [5.41, 5.74) is 0. The van der Waals surface area contributed by atoms with Gasteiger partial charge in [0.1, 0.15) is 0 Å². The topological polar surface area (TPSA) is 32.3 Å². The maximum atomic E-state index is 11.6. The summed E-state index contributed by atoms with van der Waals surface area (Å²) < 4.78 is 0. The molecule has 0 heterocycles. The van der Waals surface area contributed by atoms with Gasteiger partial charge in [-0.3, -0.25) is 4.79 Å². The molecule has 0 unspecified atom stereocenters. The van der Waals surface area contributed by atoms with Crippen LogP contribution in [-0.2, 0) is 4.79 Å². The molecule has 1 aliphatic carbocycles. The molecular weight excluding hydrogens is 176 g/mol. The minimum absolute atomic E-state index is 0.122. The molecule has 0 bridgehead atoms. The van der Waals surface area contributed by atoms with E-state index in [0.29, 0.717) is 19.0 Å². The van der Waals surface area contributed by atoms with Crippen molar-refractivity contribution >= 4 is 5.91 Å². The Morgan fingerprint density at radius 3 is 2.86 bits per heavy atom. The fraction of sp³-hybridized carbons (Fsp3) is 0.727. The predicted octanol–water partition coefficient (Wildman–Crippen LogP) is 0.468. The van der Waals surface area contributed by atoms with E-state index in [1.165, 1.54) is 12.8 Å². The Labute approximate surface area is 85.9 Å². The molecular formula is C11H18N2O. The minimum atomic E-state index is 0.122. The second-order valence-corrected chi connectivity index (χ2v) is 3.70. The minimum Gasteiger partial charge on any atom is -0.330 e. The monoisotopic (exact) mass is 194 g/mol. The fourth-order valence-electron chi connectivity index (χ4n) is 1.32. The van der Waals surface area contributed by atoms with E-state index in [2.05, 4.69) is 11.2 Å². The molecule has 0 saturated heterocycles. The lowest BCUT2D eigenvalue weighted by Crippen LogP contribution is -2.39. The van der Waals surface area contributed by atoms with Gasteiger partial charge < -0.3 is 10.2 Å². The van der Waals surface area contributed by atoms with Crippen LogP contribution in [-0.4, -0.2) is 37.0 Å². The molecule has 1 rings (SSSR count). The molecule has 0 atom stereocenters. The van der Waals surface area contributed by atoms with Gasteiger partial charge in [0.15, 0.2) is 0 Å². The smallest absolute Gasteiger partial charge is 0.237 e. The zero-order valence-corrected chi connectivity index (χ0v) is 8.75. The van der Waals surface area contributed by atoms with Gasteiger partial charge in [-0.25, -0.2) is 0 Å². The van der Waals surface area contributed by atoms with Crippen LogP contribution in [0, 0.1) is 18.3 Å². The lowest BCUT2D eigenvalue weighted by Gasteiger charge is -2.20. The first kappa shape index (κ1) is 11.1. The maximum absolute atomic E-state index is 11.6. The highest BCUT2D eigenvalue weighted by molar-refractivity contribution is 5.78. The van der Waals surface area contributed by atoms with Crippen LogP contribution in [0.2, 0.25) is 0 Å². The van der Waals surface area contributed by atoms with E-state index >= 15 is 0 Å². The van der Waals surface area contributed by atoms with Crippen LogP contribution in [0.25, 0.3) is 0 Å². The second-order valence-electron chi connectivity index (χ2n) is 3.70. The molecule has 0 radical (unpaired) electrons. The number of carbonyl (C=O) groups is 1. The number of terminal acetylenes is 1. The Kier molecular flexibility index (Phi) is 4.48. The molecule has 1 saturated carbocycles. The molecule has 1 fully saturated rings. The van der Waals surface area contributed by atoms with Crippen LogP contribution in [0.15, 0.2) is 0 Å². The summed E-state index contributed by atoms with van der Waals surface area (Å²) in [4.78, 5) is 13.4. The van der Waals surface area contributed by atoms with Gasteiger partial charge in [-0.1, -0.05) is 12.8 Å². The Morgan fingerprint density at radius 2 is 2.36 bits per heavy atom. The van der Waals surface area contributed by atoms with Crippen LogP contribution in [0.5, 0.6) is 0 Å². The number of nitrogens with zero attached hydrogens (tertiary/aromatic N) is 1. The Morgan fingerprint density at radius 1 is 1.64 bits per heavy atom. The first-order valence-corrected chi connectivity index (χ1v) is 5.19. The first-order chi connectivity index (χ1) is 6.77. The number of nitrogens with one attached hydrogen (secondary N) is 1. The number of amides is 1. The largest absolute Gasteiger partial charge is 0.330 e. The molecule has 0 aromatic rings. The molecule has 1 N–H and O–H groups in total. The van der Waals surface area contributed by atoms with Crippen molar-refractivity contribution in [1.29, 1.82) is 0 Å². The standard InChI is InChI=1S/C11H18N2O/c1-3-7-13(9-10-5-6-10)11(14)8-12-4-2/h1,10,12H,4-9H2,2H3. The van der Waals surface area contributed by atoms with Crippen LogP contribution >= 0.6 is 0 Å². The Hall–Kier alpha value is -1.01. The van der Waals surface area contributed by atoms with Crippen molar-refractivity contribution in [1.82, 2.24) is 10.2 Å². The number of carbonyl (C=O) groups excluding carboxylic acids is 1. The number of rotatable bonds is 6. The summed E-state index contributed by atoms with van der Waals surface area (Å²) in [6.45, 7) is 4.50. The third kappa shape index (κ3) is 3.80. The molecule has 0 aromatic heterocycles. The summed E-state index contributed by atoms with van der Waals surface area (Å²) in [7, 11) is 0. The lowest BCUT2D eigenvalue weighted by molar-refractivity contribution is -0.129. The van der Waals surface area contributed by atoms with E-state index in [9.17, 15) is 4.79 Å². The van der Waals surface area contributed by atoms with Crippen molar-refractivity contribution in [2.75, 3.05) is 26.2 Å². The zero-order valence-electron chi connectivity index (χ0n) is 8.75. The van der Waals surface area contributed by atoms with Gasteiger partial charge in [-0.05, 0) is 25.3 Å². The van der Waals surface area contributed by atoms with Gasteiger partial charge in [0.2, 0.25) is 5.91 Å². The van der Waals surface area contributed by atoms with Crippen molar-refractivity contribution in [2.45, 2.75) is 19.8 Å². The van der Waals surface area contributed by atoms with Crippen molar-refractivity contribution in [3.8, 4) is 12.3 Å². The van der Waals surface area contributed by atoms with E-state index in [0.717, 1.165) is 13.1 Å². The summed E-state index contributed by atoms with van der Waals surface area (Å²) in [5.74, 6) is 3.36. The molecule has 78 valence electrons. The molecule has 14 heavy (non-hydrogen) atoms. The predicted molar refractivity (Wildman–Crippen MR) is 56.7 cm³/mol. The van der Waals surface area contributed by atoms with Crippen molar-refractivity contribution in [2.24, 2.45) is 5.92 Å². The van der Waals surface area contributed by atoms with E-state index in [-0.39, 0.29) is 5.91 Å². The number of hydrogen-bond donors (Lipinski definition) is 1. The number of likely N-dealkylation sites (N-methyl/N-ethyl adjacent to an activating group) is 1. The van der Waals surface area contributed by atoms with E-state index in [1.54, 1.807) is 4.90 Å². The van der Waals surface area contributed by atoms with Crippen molar-refractivity contribution < 1.29 is 4.79 Å². The SMILES string of the molecule is C#CCN(CC1CC1)C(=O)CNCC. The highest BCUT2D eigenvalue weighted by Crippen LogP contribution is 2.29. The van der Waals surface area contributed by atoms with E-state index in [1.807, 2.05) is 6.92 Å². The van der Waals surface area contributed by atoms with Gasteiger partial charge in [-0.15, -0.1) is 6.42 Å². The summed E-state index contributed by atoms with van der Waals surface area (Å²) in [5, 5.41) is 3.02. The molecule has 0 aromatic carbocycles. The van der Waals surface area contributed by atoms with Crippen LogP contribution in [0.4, 0.5) is 0 Å². The average Bonchev–Trinajstić information content (AvgIpc) is 2.97. The summed E-state index contributed by atoms with van der Waals surface area (Å²) in [6, 6.07) is 0. The quantitative estimate of drug-likeness (QED) is 0.623. The summed E-state index contributed by atoms with van der Waals surface area (Å²) in [6.07, 6.45) is 7.72. The van der Waals surface area contributed by atoms with Gasteiger partial charge in [0, 0.05) is 6.54 Å². The molecule has 1 amide bonds. The molecule has 3 heteroatoms. The van der Waals surface area contributed by atoms with Gasteiger partial charge in [-0.2, -0.15) is 0 Å². The Balaban J connectivity index is 2.31. The Bertz CT molecular complexity index is 228. The molecule has 3 nitrogen and oxygen atoms in total. The van der Waals surface area contributed by atoms with Crippen LogP contribution in [0.3, 0.4) is 0 Å². The molecule has 0 aliphatic heterocycles. The van der Waals surface area contributed by atoms with E-state index < -0.39 is 0 Å². The van der Waals surface area contributed by atoms with Gasteiger partial charge in [0.25, 0.3) is 0 Å². The second kappa shape index (κ2) is 5.66. The highest BCUT2D eigenvalue weighted by Gasteiger charge is 2.25. The molecule has 0 spiro atoms. The highest BCUT2D eigenvalue weighted by atomic mass is 16.2. The van der Waals surface area contributed by atoms with Crippen LogP contribution in [0.1, 0.15) is 19.8 Å². The number of hydrogen-bond acceptors (Lipinski definition) is 2. The first-order valence-electron chi connectivity index (χ1n) is 5.19. The average molecular weight is 194 g/mol. The van der Waals surface area contributed by atoms with E-state index in [4.69, 9.17) is 6.42 Å². The van der Waals surface area contributed by atoms with Crippen molar-refractivity contribution in [3.63, 3.8) is 0 Å². The van der Waals surface area contributed by atoms with Gasteiger partial charge in [0.05, 0.1) is 13.1 Å². The fourth-order valence-corrected chi connectivity index (χ4v) is 1.32. The van der Waals surface area contributed by atoms with Crippen LogP contribution < -0.4 is 5.32 Å². The molecule has 1 aliphatic rings. The third-order valence-electron chi connectivity index (χ3n) is 2.34.